The Bertz CT molecular complexity index is 284. The predicted octanol–water partition coefficient (Wildman–Crippen LogP) is 2.84. The molecule has 0 spiro atoms. The molecular weight excluding hydrogens is 204 g/mol. The van der Waals surface area contributed by atoms with Crippen LogP contribution in [0.3, 0.4) is 0 Å². The Morgan fingerprint density at radius 2 is 2.47 bits per heavy atom. The molecule has 0 amide bonds. The second kappa shape index (κ2) is 5.08. The number of hydrogen-bond donors (Lipinski definition) is 1. The summed E-state index contributed by atoms with van der Waals surface area (Å²) in [7, 11) is 0. The first-order chi connectivity index (χ1) is 7.29. The fraction of sp³-hybridized carbons (Fsp3) is 0.750. The smallest absolute Gasteiger partial charge is 0.0794 e. The van der Waals surface area contributed by atoms with Crippen LogP contribution in [0, 0.1) is 11.8 Å². The average Bonchev–Trinajstić information content (AvgIpc) is 2.86. The van der Waals surface area contributed by atoms with Gasteiger partial charge in [0, 0.05) is 17.1 Å². The van der Waals surface area contributed by atoms with E-state index in [0.717, 1.165) is 18.3 Å². The molecule has 1 aliphatic rings. The van der Waals surface area contributed by atoms with Gasteiger partial charge in [0.25, 0.3) is 0 Å². The van der Waals surface area contributed by atoms with E-state index in [9.17, 15) is 0 Å². The van der Waals surface area contributed by atoms with E-state index in [1.54, 1.807) is 11.3 Å². The molecule has 2 rings (SSSR count). The van der Waals surface area contributed by atoms with Crippen molar-refractivity contribution >= 4 is 11.3 Å². The molecule has 1 aliphatic carbocycles. The molecule has 1 heterocycles. The summed E-state index contributed by atoms with van der Waals surface area (Å²) in [5, 5.41) is 0. The molecule has 84 valence electrons. The van der Waals surface area contributed by atoms with E-state index < -0.39 is 0 Å². The Morgan fingerprint density at radius 3 is 3.07 bits per heavy atom. The van der Waals surface area contributed by atoms with Crippen LogP contribution in [0.5, 0.6) is 0 Å². The first-order valence-corrected chi connectivity index (χ1v) is 6.80. The van der Waals surface area contributed by atoms with Crippen molar-refractivity contribution in [3.8, 4) is 0 Å². The lowest BCUT2D eigenvalue weighted by molar-refractivity contribution is 0.406. The predicted molar refractivity (Wildman–Crippen MR) is 64.9 cm³/mol. The Labute approximate surface area is 95.9 Å². The van der Waals surface area contributed by atoms with Crippen LogP contribution in [-0.4, -0.2) is 11.0 Å². The van der Waals surface area contributed by atoms with E-state index in [1.165, 1.54) is 30.6 Å². The fourth-order valence-corrected chi connectivity index (χ4v) is 3.28. The SMILES string of the molecule is CCC1CCC(C(N)Cc2cncs2)C1. The van der Waals surface area contributed by atoms with Crippen molar-refractivity contribution in [2.75, 3.05) is 0 Å². The lowest BCUT2D eigenvalue weighted by atomic mass is 9.94. The molecule has 0 aliphatic heterocycles. The Hall–Kier alpha value is -0.410. The Balaban J connectivity index is 1.84. The number of nitrogens with zero attached hydrogens (tertiary/aromatic N) is 1. The van der Waals surface area contributed by atoms with Crippen LogP contribution in [-0.2, 0) is 6.42 Å². The molecule has 1 fully saturated rings. The summed E-state index contributed by atoms with van der Waals surface area (Å²) in [6, 6.07) is 0.349. The minimum Gasteiger partial charge on any atom is -0.327 e. The maximum atomic E-state index is 6.27. The van der Waals surface area contributed by atoms with E-state index in [-0.39, 0.29) is 0 Å². The number of nitrogens with two attached hydrogens (primary N) is 1. The first-order valence-electron chi connectivity index (χ1n) is 5.92. The van der Waals surface area contributed by atoms with Crippen LogP contribution in [0.25, 0.3) is 0 Å². The van der Waals surface area contributed by atoms with Gasteiger partial charge in [-0.05, 0) is 31.1 Å². The van der Waals surface area contributed by atoms with Crippen molar-refractivity contribution in [1.82, 2.24) is 4.98 Å². The summed E-state index contributed by atoms with van der Waals surface area (Å²) in [5.41, 5.74) is 8.16. The zero-order chi connectivity index (χ0) is 10.7. The molecule has 3 heteroatoms. The zero-order valence-electron chi connectivity index (χ0n) is 9.36. The highest BCUT2D eigenvalue weighted by atomic mass is 32.1. The van der Waals surface area contributed by atoms with Crippen LogP contribution in [0.1, 0.15) is 37.5 Å². The van der Waals surface area contributed by atoms with Crippen LogP contribution in [0.2, 0.25) is 0 Å². The molecule has 0 radical (unpaired) electrons. The summed E-state index contributed by atoms with van der Waals surface area (Å²) < 4.78 is 0. The van der Waals surface area contributed by atoms with E-state index in [4.69, 9.17) is 5.73 Å². The van der Waals surface area contributed by atoms with E-state index in [1.807, 2.05) is 11.7 Å². The van der Waals surface area contributed by atoms with Gasteiger partial charge in [-0.25, -0.2) is 0 Å². The number of thiazole rings is 1. The number of rotatable bonds is 4. The summed E-state index contributed by atoms with van der Waals surface area (Å²) >= 11 is 1.73. The lowest BCUT2D eigenvalue weighted by Gasteiger charge is -2.18. The van der Waals surface area contributed by atoms with Gasteiger partial charge < -0.3 is 5.73 Å². The minimum absolute atomic E-state index is 0.349. The van der Waals surface area contributed by atoms with E-state index >= 15 is 0 Å². The maximum Gasteiger partial charge on any atom is 0.0794 e. The Kier molecular flexibility index (Phi) is 3.76. The van der Waals surface area contributed by atoms with Crippen molar-refractivity contribution in [2.24, 2.45) is 17.6 Å². The van der Waals surface area contributed by atoms with Crippen molar-refractivity contribution in [2.45, 2.75) is 45.1 Å². The highest BCUT2D eigenvalue weighted by Gasteiger charge is 2.28. The van der Waals surface area contributed by atoms with Gasteiger partial charge >= 0.3 is 0 Å². The van der Waals surface area contributed by atoms with Gasteiger partial charge in [0.15, 0.2) is 0 Å². The van der Waals surface area contributed by atoms with Gasteiger partial charge in [0.2, 0.25) is 0 Å². The van der Waals surface area contributed by atoms with Crippen LogP contribution < -0.4 is 5.73 Å². The van der Waals surface area contributed by atoms with Gasteiger partial charge in [-0.2, -0.15) is 0 Å². The highest BCUT2D eigenvalue weighted by Crippen LogP contribution is 2.35. The van der Waals surface area contributed by atoms with E-state index in [0.29, 0.717) is 6.04 Å². The molecule has 0 saturated heterocycles. The molecule has 1 saturated carbocycles. The monoisotopic (exact) mass is 224 g/mol. The van der Waals surface area contributed by atoms with Crippen molar-refractivity contribution in [3.05, 3.63) is 16.6 Å². The third-order valence-electron chi connectivity index (χ3n) is 3.68. The molecular formula is C12H20N2S. The van der Waals surface area contributed by atoms with Crippen molar-refractivity contribution in [3.63, 3.8) is 0 Å². The second-order valence-corrected chi connectivity index (χ2v) is 5.65. The minimum atomic E-state index is 0.349. The highest BCUT2D eigenvalue weighted by molar-refractivity contribution is 7.09. The number of hydrogen-bond acceptors (Lipinski definition) is 3. The normalized spacial score (nSPS) is 28.1. The molecule has 2 N–H and O–H groups in total. The largest absolute Gasteiger partial charge is 0.327 e. The topological polar surface area (TPSA) is 38.9 Å². The number of aromatic nitrogens is 1. The zero-order valence-corrected chi connectivity index (χ0v) is 10.2. The van der Waals surface area contributed by atoms with Gasteiger partial charge in [-0.1, -0.05) is 19.8 Å². The molecule has 3 atom stereocenters. The molecule has 1 aromatic rings. The third-order valence-corrected chi connectivity index (χ3v) is 4.49. The van der Waals surface area contributed by atoms with Crippen LogP contribution in [0.4, 0.5) is 0 Å². The van der Waals surface area contributed by atoms with Crippen LogP contribution >= 0.6 is 11.3 Å². The molecule has 3 unspecified atom stereocenters. The first kappa shape index (κ1) is 11.1. The quantitative estimate of drug-likeness (QED) is 0.854. The summed E-state index contributed by atoms with van der Waals surface area (Å²) in [4.78, 5) is 5.43. The summed E-state index contributed by atoms with van der Waals surface area (Å²) in [6.45, 7) is 2.29. The van der Waals surface area contributed by atoms with Gasteiger partial charge in [0.05, 0.1) is 5.51 Å². The molecule has 1 aromatic heterocycles. The van der Waals surface area contributed by atoms with Crippen LogP contribution in [0.15, 0.2) is 11.7 Å². The second-order valence-electron chi connectivity index (χ2n) is 4.68. The van der Waals surface area contributed by atoms with Gasteiger partial charge in [-0.15, -0.1) is 11.3 Å². The Morgan fingerprint density at radius 1 is 1.60 bits per heavy atom. The molecule has 15 heavy (non-hydrogen) atoms. The maximum absolute atomic E-state index is 6.27. The standard InChI is InChI=1S/C12H20N2S/c1-2-9-3-4-10(5-9)12(13)6-11-7-14-8-15-11/h7-10,12H,2-6,13H2,1H3. The summed E-state index contributed by atoms with van der Waals surface area (Å²) in [5.74, 6) is 1.68. The van der Waals surface area contributed by atoms with Crippen molar-refractivity contribution < 1.29 is 0 Å². The lowest BCUT2D eigenvalue weighted by Crippen LogP contribution is -2.30. The fourth-order valence-electron chi connectivity index (χ4n) is 2.62. The average molecular weight is 224 g/mol. The van der Waals surface area contributed by atoms with E-state index in [2.05, 4.69) is 11.9 Å². The molecule has 0 aromatic carbocycles. The van der Waals surface area contributed by atoms with Gasteiger partial charge in [0.1, 0.15) is 0 Å². The van der Waals surface area contributed by atoms with Gasteiger partial charge in [-0.3, -0.25) is 4.98 Å². The molecule has 0 bridgehead atoms. The summed E-state index contributed by atoms with van der Waals surface area (Å²) in [6.07, 6.45) is 8.36. The third kappa shape index (κ3) is 2.79. The van der Waals surface area contributed by atoms with Crippen molar-refractivity contribution in [1.29, 1.82) is 0 Å². The molecule has 2 nitrogen and oxygen atoms in total.